The molecule has 2 aliphatic heterocycles. The third kappa shape index (κ3) is 4.08. The number of carbonyl (C=O) groups excluding carboxylic acids is 1. The number of aromatic nitrogens is 3. The summed E-state index contributed by atoms with van der Waals surface area (Å²) in [6.45, 7) is 4.51. The molecular formula is C23H26ClIN6O. The van der Waals surface area contributed by atoms with E-state index in [1.807, 2.05) is 33.8 Å². The molecule has 2 aromatic heterocycles. The number of nitrogens with zero attached hydrogens (tertiary/aromatic N) is 5. The average molecular weight is 565 g/mol. The fraction of sp³-hybridized carbons (Fsp3) is 0.435. The highest BCUT2D eigenvalue weighted by Crippen LogP contribution is 2.34. The normalized spacial score (nSPS) is 21.5. The van der Waals surface area contributed by atoms with E-state index in [1.54, 1.807) is 6.07 Å². The van der Waals surface area contributed by atoms with Crippen LogP contribution in [0.15, 0.2) is 30.5 Å². The molecule has 7 nitrogen and oxygen atoms in total. The van der Waals surface area contributed by atoms with Gasteiger partial charge in [0.1, 0.15) is 5.82 Å². The van der Waals surface area contributed by atoms with Gasteiger partial charge in [0.05, 0.1) is 22.3 Å². The summed E-state index contributed by atoms with van der Waals surface area (Å²) in [6.07, 6.45) is 5.93. The van der Waals surface area contributed by atoms with E-state index in [1.165, 1.54) is 0 Å². The van der Waals surface area contributed by atoms with Gasteiger partial charge in [-0.25, -0.2) is 9.50 Å². The van der Waals surface area contributed by atoms with Crippen molar-refractivity contribution in [3.8, 4) is 0 Å². The first kappa shape index (κ1) is 21.9. The fourth-order valence-electron chi connectivity index (χ4n) is 4.78. The molecule has 0 unspecified atom stereocenters. The van der Waals surface area contributed by atoms with Gasteiger partial charge in [-0.2, -0.15) is 5.10 Å². The molecule has 1 aromatic carbocycles. The lowest BCUT2D eigenvalue weighted by Gasteiger charge is -2.35. The molecule has 168 valence electrons. The van der Waals surface area contributed by atoms with E-state index in [0.29, 0.717) is 17.1 Å². The van der Waals surface area contributed by atoms with E-state index in [9.17, 15) is 4.79 Å². The summed E-state index contributed by atoms with van der Waals surface area (Å²) >= 11 is 8.59. The lowest BCUT2D eigenvalue weighted by molar-refractivity contribution is 0.0606. The molecule has 4 heterocycles. The third-order valence-electron chi connectivity index (χ3n) is 6.41. The molecule has 2 atom stereocenters. The minimum Gasteiger partial charge on any atom is -0.355 e. The number of benzene rings is 1. The van der Waals surface area contributed by atoms with Crippen LogP contribution in [0.1, 0.15) is 53.3 Å². The molecule has 0 radical (unpaired) electrons. The first-order chi connectivity index (χ1) is 15.4. The monoisotopic (exact) mass is 564 g/mol. The summed E-state index contributed by atoms with van der Waals surface area (Å²) in [5, 5.41) is 5.32. The Balaban J connectivity index is 1.48. The molecule has 0 aliphatic carbocycles. The van der Waals surface area contributed by atoms with E-state index in [0.717, 1.165) is 65.1 Å². The highest BCUT2D eigenvalue weighted by molar-refractivity contribution is 14.1. The molecule has 3 aromatic rings. The third-order valence-corrected chi connectivity index (χ3v) is 7.41. The lowest BCUT2D eigenvalue weighted by atomic mass is 9.98. The Labute approximate surface area is 206 Å². The number of likely N-dealkylation sites (tertiary alicyclic amines) is 1. The van der Waals surface area contributed by atoms with Crippen LogP contribution in [0.4, 0.5) is 5.82 Å². The quantitative estimate of drug-likeness (QED) is 0.483. The number of rotatable bonds is 3. The van der Waals surface area contributed by atoms with Crippen LogP contribution in [-0.4, -0.2) is 51.1 Å². The van der Waals surface area contributed by atoms with Gasteiger partial charge in [-0.1, -0.05) is 11.6 Å². The summed E-state index contributed by atoms with van der Waals surface area (Å²) in [5.41, 5.74) is 9.40. The molecule has 1 amide bonds. The second kappa shape index (κ2) is 8.79. The molecule has 2 fully saturated rings. The zero-order chi connectivity index (χ0) is 22.4. The van der Waals surface area contributed by atoms with Gasteiger partial charge < -0.3 is 15.5 Å². The van der Waals surface area contributed by atoms with Crippen molar-refractivity contribution in [2.24, 2.45) is 5.73 Å². The van der Waals surface area contributed by atoms with Gasteiger partial charge in [0, 0.05) is 47.1 Å². The van der Waals surface area contributed by atoms with Gasteiger partial charge >= 0.3 is 0 Å². The van der Waals surface area contributed by atoms with Crippen LogP contribution >= 0.6 is 34.2 Å². The van der Waals surface area contributed by atoms with E-state index < -0.39 is 0 Å². The molecule has 0 spiro atoms. The van der Waals surface area contributed by atoms with Crippen molar-refractivity contribution in [2.45, 2.75) is 44.7 Å². The largest absolute Gasteiger partial charge is 0.355 e. The van der Waals surface area contributed by atoms with Crippen LogP contribution in [-0.2, 0) is 0 Å². The maximum atomic E-state index is 13.5. The van der Waals surface area contributed by atoms with Crippen molar-refractivity contribution in [1.29, 1.82) is 0 Å². The Kier molecular flexibility index (Phi) is 6.02. The Hall–Kier alpha value is -1.91. The number of piperidine rings is 1. The summed E-state index contributed by atoms with van der Waals surface area (Å²) in [7, 11) is 0. The maximum absolute atomic E-state index is 13.5. The molecule has 0 saturated carbocycles. The second-order valence-corrected chi connectivity index (χ2v) is 10.4. The summed E-state index contributed by atoms with van der Waals surface area (Å²) in [5.74, 6) is 0.935. The molecular weight excluding hydrogens is 539 g/mol. The summed E-state index contributed by atoms with van der Waals surface area (Å²) < 4.78 is 2.82. The predicted octanol–water partition coefficient (Wildman–Crippen LogP) is 4.20. The lowest BCUT2D eigenvalue weighted by Crippen LogP contribution is -2.38. The van der Waals surface area contributed by atoms with Crippen LogP contribution < -0.4 is 10.6 Å². The highest BCUT2D eigenvalue weighted by Gasteiger charge is 2.32. The van der Waals surface area contributed by atoms with Crippen molar-refractivity contribution in [1.82, 2.24) is 19.5 Å². The Morgan fingerprint density at radius 3 is 2.84 bits per heavy atom. The maximum Gasteiger partial charge on any atom is 0.255 e. The number of amides is 1. The van der Waals surface area contributed by atoms with E-state index in [2.05, 4.69) is 34.4 Å². The van der Waals surface area contributed by atoms with Crippen LogP contribution in [0.2, 0.25) is 5.02 Å². The molecule has 2 aliphatic rings. The van der Waals surface area contributed by atoms with Crippen molar-refractivity contribution in [3.05, 3.63) is 55.9 Å². The van der Waals surface area contributed by atoms with Gasteiger partial charge in [0.15, 0.2) is 5.65 Å². The van der Waals surface area contributed by atoms with Gasteiger partial charge in [-0.3, -0.25) is 4.79 Å². The first-order valence-electron chi connectivity index (χ1n) is 11.0. The Morgan fingerprint density at radius 2 is 2.06 bits per heavy atom. The fourth-order valence-corrected chi connectivity index (χ4v) is 5.47. The smallest absolute Gasteiger partial charge is 0.255 e. The zero-order valence-electron chi connectivity index (χ0n) is 18.0. The van der Waals surface area contributed by atoms with Crippen molar-refractivity contribution < 1.29 is 4.79 Å². The number of hydrogen-bond acceptors (Lipinski definition) is 5. The van der Waals surface area contributed by atoms with Crippen molar-refractivity contribution in [3.63, 3.8) is 0 Å². The van der Waals surface area contributed by atoms with Gasteiger partial charge in [0.25, 0.3) is 5.91 Å². The van der Waals surface area contributed by atoms with Crippen LogP contribution in [0, 0.1) is 10.5 Å². The van der Waals surface area contributed by atoms with E-state index in [4.69, 9.17) is 27.4 Å². The summed E-state index contributed by atoms with van der Waals surface area (Å²) in [6, 6.07) is 7.69. The average Bonchev–Trinajstić information content (AvgIpc) is 3.40. The molecule has 0 bridgehead atoms. The van der Waals surface area contributed by atoms with Gasteiger partial charge in [-0.05, 0) is 73.4 Å². The van der Waals surface area contributed by atoms with Crippen LogP contribution in [0.25, 0.3) is 5.65 Å². The molecule has 2 saturated heterocycles. The van der Waals surface area contributed by atoms with Crippen LogP contribution in [0.3, 0.4) is 0 Å². The minimum atomic E-state index is -0.0872. The van der Waals surface area contributed by atoms with E-state index >= 15 is 0 Å². The number of hydrogen-bond donors (Lipinski definition) is 1. The number of anilines is 1. The standard InChI is InChI=1S/C23H26ClIN6O/c1-14-12-31-21(27-22(14)29-9-7-16(26)13-29)11-19(28-31)20-4-2-3-8-30(20)23(32)17-10-15(25)5-6-18(17)24/h5-6,10-12,16,20H,2-4,7-9,13,26H2,1H3/t16-,20-/m0/s1. The van der Waals surface area contributed by atoms with Crippen molar-refractivity contribution in [2.75, 3.05) is 24.5 Å². The number of fused-ring (bicyclic) bond motifs is 1. The number of aryl methyl sites for hydroxylation is 1. The Morgan fingerprint density at radius 1 is 1.22 bits per heavy atom. The van der Waals surface area contributed by atoms with Gasteiger partial charge in [0.2, 0.25) is 0 Å². The predicted molar refractivity (Wildman–Crippen MR) is 134 cm³/mol. The number of halogens is 2. The first-order valence-corrected chi connectivity index (χ1v) is 12.5. The second-order valence-electron chi connectivity index (χ2n) is 8.75. The topological polar surface area (TPSA) is 79.8 Å². The molecule has 32 heavy (non-hydrogen) atoms. The minimum absolute atomic E-state index is 0.0360. The van der Waals surface area contributed by atoms with E-state index in [-0.39, 0.29) is 18.0 Å². The van der Waals surface area contributed by atoms with Crippen LogP contribution in [0.5, 0.6) is 0 Å². The highest BCUT2D eigenvalue weighted by atomic mass is 127. The zero-order valence-corrected chi connectivity index (χ0v) is 20.9. The number of nitrogens with two attached hydrogens (primary N) is 1. The number of carbonyl (C=O) groups is 1. The molecule has 9 heteroatoms. The SMILES string of the molecule is Cc1cn2nc([C@@H]3CCCCN3C(=O)c3cc(I)ccc3Cl)cc2nc1N1CC[C@H](N)C1. The summed E-state index contributed by atoms with van der Waals surface area (Å²) in [4.78, 5) is 22.5. The Bertz CT molecular complexity index is 1180. The van der Waals surface area contributed by atoms with Crippen molar-refractivity contribution >= 4 is 51.6 Å². The molecule has 2 N–H and O–H groups in total. The molecule has 5 rings (SSSR count). The van der Waals surface area contributed by atoms with Gasteiger partial charge in [-0.15, -0.1) is 0 Å².